The van der Waals surface area contributed by atoms with E-state index in [0.717, 1.165) is 24.8 Å². The van der Waals surface area contributed by atoms with Crippen molar-refractivity contribution in [1.29, 1.82) is 0 Å². The van der Waals surface area contributed by atoms with Crippen molar-refractivity contribution in [2.24, 2.45) is 5.92 Å². The van der Waals surface area contributed by atoms with Gasteiger partial charge in [-0.15, -0.1) is 0 Å². The monoisotopic (exact) mass is 292 g/mol. The number of nitro benzene ring substituents is 1. The van der Waals surface area contributed by atoms with Crippen molar-refractivity contribution in [3.8, 4) is 0 Å². The van der Waals surface area contributed by atoms with Gasteiger partial charge in [0, 0.05) is 24.2 Å². The van der Waals surface area contributed by atoms with Gasteiger partial charge in [0.2, 0.25) is 0 Å². The predicted octanol–water partition coefficient (Wildman–Crippen LogP) is 4.85. The van der Waals surface area contributed by atoms with E-state index in [9.17, 15) is 10.1 Å². The summed E-state index contributed by atoms with van der Waals surface area (Å²) in [5.41, 5.74) is 1.19. The summed E-state index contributed by atoms with van der Waals surface area (Å²) >= 11 is 0. The number of nitro groups is 1. The number of nitrogens with zero attached hydrogens (tertiary/aromatic N) is 1. The number of non-ortho nitro benzene ring substituents is 1. The normalized spacial score (nSPS) is 14.1. The Kier molecular flexibility index (Phi) is 7.37. The van der Waals surface area contributed by atoms with Crippen LogP contribution < -0.4 is 5.32 Å². The van der Waals surface area contributed by atoms with Crippen LogP contribution in [0.5, 0.6) is 0 Å². The van der Waals surface area contributed by atoms with Gasteiger partial charge in [-0.25, -0.2) is 0 Å². The van der Waals surface area contributed by atoms with E-state index in [2.05, 4.69) is 33.0 Å². The second kappa shape index (κ2) is 8.78. The summed E-state index contributed by atoms with van der Waals surface area (Å²) < 4.78 is 0. The van der Waals surface area contributed by atoms with Crippen LogP contribution in [0, 0.1) is 16.0 Å². The Morgan fingerprint density at radius 2 is 1.90 bits per heavy atom. The summed E-state index contributed by atoms with van der Waals surface area (Å²) in [7, 11) is 0. The van der Waals surface area contributed by atoms with Crippen molar-refractivity contribution in [2.75, 3.05) is 0 Å². The zero-order valence-corrected chi connectivity index (χ0v) is 13.6. The molecule has 1 aromatic carbocycles. The summed E-state index contributed by atoms with van der Waals surface area (Å²) in [6, 6.07) is 7.61. The van der Waals surface area contributed by atoms with Crippen LogP contribution in [0.25, 0.3) is 0 Å². The number of hydrogen-bond acceptors (Lipinski definition) is 3. The van der Waals surface area contributed by atoms with Gasteiger partial charge in [0.05, 0.1) is 4.92 Å². The molecule has 0 heterocycles. The van der Waals surface area contributed by atoms with E-state index in [0.29, 0.717) is 12.0 Å². The predicted molar refractivity (Wildman–Crippen MR) is 87.4 cm³/mol. The first-order valence-electron chi connectivity index (χ1n) is 7.94. The average Bonchev–Trinajstić information content (AvgIpc) is 2.44. The highest BCUT2D eigenvalue weighted by Gasteiger charge is 2.16. The first-order valence-corrected chi connectivity index (χ1v) is 7.94. The maximum Gasteiger partial charge on any atom is 0.269 e. The molecule has 0 aromatic heterocycles. The van der Waals surface area contributed by atoms with Gasteiger partial charge >= 0.3 is 0 Å². The summed E-state index contributed by atoms with van der Waals surface area (Å²) in [6.07, 6.45) is 4.37. The van der Waals surface area contributed by atoms with E-state index < -0.39 is 0 Å². The van der Waals surface area contributed by atoms with E-state index in [1.165, 1.54) is 6.42 Å². The third kappa shape index (κ3) is 6.25. The first kappa shape index (κ1) is 17.6. The fraction of sp³-hybridized carbons (Fsp3) is 0.647. The molecule has 2 atom stereocenters. The molecule has 0 saturated carbocycles. The van der Waals surface area contributed by atoms with Crippen LogP contribution in [-0.2, 0) is 0 Å². The van der Waals surface area contributed by atoms with Crippen molar-refractivity contribution in [2.45, 2.75) is 65.5 Å². The lowest BCUT2D eigenvalue weighted by atomic mass is 9.98. The van der Waals surface area contributed by atoms with Crippen molar-refractivity contribution in [3.05, 3.63) is 39.9 Å². The molecule has 0 radical (unpaired) electrons. The maximum absolute atomic E-state index is 10.9. The molecule has 0 aliphatic heterocycles. The second-order valence-electron chi connectivity index (χ2n) is 6.23. The molecule has 0 saturated heterocycles. The Bertz CT molecular complexity index is 446. The van der Waals surface area contributed by atoms with Crippen molar-refractivity contribution < 1.29 is 4.92 Å². The molecular formula is C17H28N2O2. The molecule has 0 fully saturated rings. The van der Waals surface area contributed by atoms with Crippen molar-refractivity contribution in [1.82, 2.24) is 5.32 Å². The average molecular weight is 292 g/mol. The quantitative estimate of drug-likeness (QED) is 0.523. The molecule has 1 aromatic rings. The van der Waals surface area contributed by atoms with Gasteiger partial charge in [-0.05, 0) is 37.7 Å². The van der Waals surface area contributed by atoms with Gasteiger partial charge in [0.15, 0.2) is 0 Å². The van der Waals surface area contributed by atoms with Crippen LogP contribution in [0.15, 0.2) is 24.3 Å². The lowest BCUT2D eigenvalue weighted by Gasteiger charge is -2.24. The van der Waals surface area contributed by atoms with E-state index in [1.54, 1.807) is 18.2 Å². The van der Waals surface area contributed by atoms with Gasteiger partial charge in [-0.3, -0.25) is 10.1 Å². The second-order valence-corrected chi connectivity index (χ2v) is 6.23. The highest BCUT2D eigenvalue weighted by Crippen LogP contribution is 2.24. The highest BCUT2D eigenvalue weighted by molar-refractivity contribution is 5.35. The van der Waals surface area contributed by atoms with Gasteiger partial charge in [-0.1, -0.05) is 39.3 Å². The molecule has 0 amide bonds. The Morgan fingerprint density at radius 3 is 2.48 bits per heavy atom. The molecule has 118 valence electrons. The SMILES string of the molecule is CCCC(NC(C)CCC(C)C)c1cccc([N+](=O)[O-])c1. The van der Waals surface area contributed by atoms with Crippen LogP contribution in [0.3, 0.4) is 0 Å². The van der Waals surface area contributed by atoms with Crippen LogP contribution in [-0.4, -0.2) is 11.0 Å². The summed E-state index contributed by atoms with van der Waals surface area (Å²) in [6.45, 7) is 8.81. The zero-order chi connectivity index (χ0) is 15.8. The molecule has 0 bridgehead atoms. The van der Waals surface area contributed by atoms with Crippen LogP contribution in [0.1, 0.15) is 65.0 Å². The smallest absolute Gasteiger partial charge is 0.269 e. The molecule has 0 aliphatic carbocycles. The third-order valence-electron chi connectivity index (χ3n) is 3.72. The van der Waals surface area contributed by atoms with E-state index in [1.807, 2.05) is 6.07 Å². The van der Waals surface area contributed by atoms with E-state index in [-0.39, 0.29) is 16.7 Å². The molecule has 1 N–H and O–H groups in total. The lowest BCUT2D eigenvalue weighted by Crippen LogP contribution is -2.30. The van der Waals surface area contributed by atoms with Crippen LogP contribution >= 0.6 is 0 Å². The fourth-order valence-electron chi connectivity index (χ4n) is 2.50. The van der Waals surface area contributed by atoms with Crippen LogP contribution in [0.4, 0.5) is 5.69 Å². The topological polar surface area (TPSA) is 55.2 Å². The number of rotatable bonds is 9. The minimum Gasteiger partial charge on any atom is -0.307 e. The third-order valence-corrected chi connectivity index (χ3v) is 3.72. The maximum atomic E-state index is 10.9. The molecule has 2 unspecified atom stereocenters. The minimum absolute atomic E-state index is 0.172. The molecule has 0 spiro atoms. The highest BCUT2D eigenvalue weighted by atomic mass is 16.6. The standard InChI is InChI=1S/C17H28N2O2/c1-5-7-17(18-14(4)11-10-13(2)3)15-8-6-9-16(12-15)19(20)21/h6,8-9,12-14,17-18H,5,7,10-11H2,1-4H3. The zero-order valence-electron chi connectivity index (χ0n) is 13.6. The lowest BCUT2D eigenvalue weighted by molar-refractivity contribution is -0.384. The Balaban J connectivity index is 2.76. The Hall–Kier alpha value is -1.42. The fourth-order valence-corrected chi connectivity index (χ4v) is 2.50. The van der Waals surface area contributed by atoms with Crippen LogP contribution in [0.2, 0.25) is 0 Å². The molecule has 4 nitrogen and oxygen atoms in total. The van der Waals surface area contributed by atoms with Gasteiger partial charge < -0.3 is 5.32 Å². The summed E-state index contributed by atoms with van der Waals surface area (Å²) in [5, 5.41) is 14.6. The van der Waals surface area contributed by atoms with E-state index >= 15 is 0 Å². The van der Waals surface area contributed by atoms with Gasteiger partial charge in [0.25, 0.3) is 5.69 Å². The number of benzene rings is 1. The van der Waals surface area contributed by atoms with Crippen molar-refractivity contribution >= 4 is 5.69 Å². The Morgan fingerprint density at radius 1 is 1.19 bits per heavy atom. The van der Waals surface area contributed by atoms with E-state index in [4.69, 9.17) is 0 Å². The molecule has 0 aliphatic rings. The van der Waals surface area contributed by atoms with Gasteiger partial charge in [0.1, 0.15) is 0 Å². The number of nitrogens with one attached hydrogen (secondary N) is 1. The largest absolute Gasteiger partial charge is 0.307 e. The molecule has 4 heteroatoms. The van der Waals surface area contributed by atoms with Gasteiger partial charge in [-0.2, -0.15) is 0 Å². The van der Waals surface area contributed by atoms with Crippen molar-refractivity contribution in [3.63, 3.8) is 0 Å². The number of hydrogen-bond donors (Lipinski definition) is 1. The summed E-state index contributed by atoms with van der Waals surface area (Å²) in [4.78, 5) is 10.6. The molecule has 1 rings (SSSR count). The molecule has 21 heavy (non-hydrogen) atoms. The minimum atomic E-state index is -0.325. The Labute approximate surface area is 128 Å². The first-order chi connectivity index (χ1) is 9.93. The summed E-state index contributed by atoms with van der Waals surface area (Å²) in [5.74, 6) is 0.705. The molecular weight excluding hydrogens is 264 g/mol.